The third kappa shape index (κ3) is 3.12. The molecule has 0 heterocycles. The van der Waals surface area contributed by atoms with Crippen LogP contribution >= 0.6 is 26.6 Å². The molecule has 1 rings (SSSR count). The van der Waals surface area contributed by atoms with Crippen molar-refractivity contribution >= 4 is 35.7 Å². The summed E-state index contributed by atoms with van der Waals surface area (Å²) in [5.74, 6) is 0. The maximum absolute atomic E-state index is 12.6. The molecule has 1 aromatic rings. The zero-order chi connectivity index (χ0) is 13.4. The lowest BCUT2D eigenvalue weighted by Crippen LogP contribution is -2.12. The Bertz CT molecular complexity index is 606. The Balaban J connectivity index is 3.78. The van der Waals surface area contributed by atoms with Gasteiger partial charge >= 0.3 is 6.18 Å². The summed E-state index contributed by atoms with van der Waals surface area (Å²) in [6.45, 7) is 0. The molecule has 0 radical (unpaired) electrons. The topological polar surface area (TPSA) is 57.9 Å². The summed E-state index contributed by atoms with van der Waals surface area (Å²) in [7, 11) is 0.312. The van der Waals surface area contributed by atoms with E-state index in [1.165, 1.54) is 6.07 Å². The molecular formula is C8H2BrClF3NO2S. The van der Waals surface area contributed by atoms with Crippen molar-refractivity contribution < 1.29 is 21.6 Å². The number of benzene rings is 1. The molecular weight excluding hydrogens is 347 g/mol. The molecule has 9 heteroatoms. The van der Waals surface area contributed by atoms with Gasteiger partial charge in [-0.25, -0.2) is 8.42 Å². The molecule has 0 unspecified atom stereocenters. The lowest BCUT2D eigenvalue weighted by molar-refractivity contribution is -0.140. The third-order valence-corrected chi connectivity index (χ3v) is 3.70. The van der Waals surface area contributed by atoms with E-state index in [0.29, 0.717) is 6.07 Å². The van der Waals surface area contributed by atoms with Gasteiger partial charge in [0.25, 0.3) is 9.05 Å². The number of hydrogen-bond donors (Lipinski definition) is 0. The lowest BCUT2D eigenvalue weighted by Gasteiger charge is -2.13. The molecule has 0 aliphatic rings. The molecule has 0 amide bonds. The second-order valence-electron chi connectivity index (χ2n) is 2.88. The van der Waals surface area contributed by atoms with Crippen molar-refractivity contribution in [2.24, 2.45) is 0 Å². The van der Waals surface area contributed by atoms with Crippen LogP contribution in [0.4, 0.5) is 13.2 Å². The first-order chi connectivity index (χ1) is 7.57. The Morgan fingerprint density at radius 3 is 2.24 bits per heavy atom. The van der Waals surface area contributed by atoms with Crippen molar-refractivity contribution in [3.63, 3.8) is 0 Å². The van der Waals surface area contributed by atoms with Gasteiger partial charge in [0, 0.05) is 15.2 Å². The van der Waals surface area contributed by atoms with E-state index in [-0.39, 0.29) is 5.56 Å². The van der Waals surface area contributed by atoms with Crippen molar-refractivity contribution in [3.05, 3.63) is 27.7 Å². The first kappa shape index (κ1) is 14.3. The van der Waals surface area contributed by atoms with Crippen LogP contribution in [0.3, 0.4) is 0 Å². The lowest BCUT2D eigenvalue weighted by atomic mass is 10.1. The van der Waals surface area contributed by atoms with E-state index in [9.17, 15) is 21.6 Å². The number of alkyl halides is 3. The largest absolute Gasteiger partial charge is 0.418 e. The fourth-order valence-electron chi connectivity index (χ4n) is 1.11. The van der Waals surface area contributed by atoms with Crippen LogP contribution in [0.2, 0.25) is 0 Å². The van der Waals surface area contributed by atoms with E-state index in [1.54, 1.807) is 0 Å². The quantitative estimate of drug-likeness (QED) is 0.732. The molecule has 0 fully saturated rings. The van der Waals surface area contributed by atoms with Crippen molar-refractivity contribution in [2.45, 2.75) is 11.1 Å². The van der Waals surface area contributed by atoms with Crippen LogP contribution in [-0.4, -0.2) is 8.42 Å². The molecule has 0 atom stereocenters. The van der Waals surface area contributed by atoms with Gasteiger partial charge in [0.2, 0.25) is 0 Å². The summed E-state index contributed by atoms with van der Waals surface area (Å²) in [4.78, 5) is -1.14. The van der Waals surface area contributed by atoms with Crippen LogP contribution in [0.1, 0.15) is 11.1 Å². The predicted octanol–water partition coefficient (Wildman–Crippen LogP) is 3.27. The van der Waals surface area contributed by atoms with E-state index >= 15 is 0 Å². The Hall–Kier alpha value is -0.780. The molecule has 17 heavy (non-hydrogen) atoms. The van der Waals surface area contributed by atoms with Crippen LogP contribution < -0.4 is 0 Å². The highest BCUT2D eigenvalue weighted by Gasteiger charge is 2.39. The van der Waals surface area contributed by atoms with Crippen molar-refractivity contribution in [1.29, 1.82) is 5.26 Å². The Kier molecular flexibility index (Phi) is 3.76. The molecule has 0 aliphatic carbocycles. The van der Waals surface area contributed by atoms with Crippen molar-refractivity contribution in [3.8, 4) is 6.07 Å². The van der Waals surface area contributed by atoms with E-state index in [4.69, 9.17) is 15.9 Å². The minimum absolute atomic E-state index is 0.246. The molecule has 0 saturated carbocycles. The summed E-state index contributed by atoms with van der Waals surface area (Å²) >= 11 is 2.57. The normalized spacial score (nSPS) is 12.2. The molecule has 0 bridgehead atoms. The van der Waals surface area contributed by atoms with Crippen LogP contribution in [0.5, 0.6) is 0 Å². The van der Waals surface area contributed by atoms with Gasteiger partial charge in [-0.2, -0.15) is 18.4 Å². The zero-order valence-corrected chi connectivity index (χ0v) is 10.9. The Labute approximate surface area is 107 Å². The second kappa shape index (κ2) is 4.48. The monoisotopic (exact) mass is 347 g/mol. The summed E-state index contributed by atoms with van der Waals surface area (Å²) in [5, 5.41) is 8.56. The summed E-state index contributed by atoms with van der Waals surface area (Å²) in [5.41, 5.74) is -1.67. The van der Waals surface area contributed by atoms with Crippen molar-refractivity contribution in [2.75, 3.05) is 0 Å². The molecule has 0 aromatic heterocycles. The van der Waals surface area contributed by atoms with Gasteiger partial charge in [-0.3, -0.25) is 0 Å². The molecule has 0 N–H and O–H groups in total. The second-order valence-corrected chi connectivity index (χ2v) is 6.27. The van der Waals surface area contributed by atoms with E-state index in [1.807, 2.05) is 0 Å². The number of nitrogens with zero attached hydrogens (tertiary/aromatic N) is 1. The van der Waals surface area contributed by atoms with Gasteiger partial charge in [0.1, 0.15) is 0 Å². The standard InChI is InChI=1S/C8H2BrClF3NO2S/c9-5-1-4(3-14)2-6(17(10,15)16)7(5)8(11,12)13/h1-2H. The highest BCUT2D eigenvalue weighted by molar-refractivity contribution is 9.10. The predicted molar refractivity (Wildman–Crippen MR) is 56.9 cm³/mol. The summed E-state index contributed by atoms with van der Waals surface area (Å²) in [6.07, 6.45) is -4.90. The van der Waals surface area contributed by atoms with Gasteiger partial charge < -0.3 is 0 Å². The molecule has 3 nitrogen and oxygen atoms in total. The van der Waals surface area contributed by atoms with Gasteiger partial charge in [0.05, 0.1) is 22.1 Å². The zero-order valence-electron chi connectivity index (χ0n) is 7.72. The smallest absolute Gasteiger partial charge is 0.207 e. The summed E-state index contributed by atoms with van der Waals surface area (Å²) < 4.78 is 59.5. The van der Waals surface area contributed by atoms with E-state index in [0.717, 1.165) is 6.07 Å². The van der Waals surface area contributed by atoms with Crippen LogP contribution in [-0.2, 0) is 15.2 Å². The number of hydrogen-bond acceptors (Lipinski definition) is 3. The summed E-state index contributed by atoms with van der Waals surface area (Å²) in [6, 6.07) is 2.99. The van der Waals surface area contributed by atoms with Gasteiger partial charge in [-0.05, 0) is 12.1 Å². The highest BCUT2D eigenvalue weighted by atomic mass is 79.9. The van der Waals surface area contributed by atoms with Gasteiger partial charge in [0.15, 0.2) is 0 Å². The highest BCUT2D eigenvalue weighted by Crippen LogP contribution is 2.40. The first-order valence-corrected chi connectivity index (χ1v) is 6.93. The minimum atomic E-state index is -4.90. The first-order valence-electron chi connectivity index (χ1n) is 3.83. The molecule has 92 valence electrons. The SMILES string of the molecule is N#Cc1cc(Br)c(C(F)(F)F)c(S(=O)(=O)Cl)c1. The van der Waals surface area contributed by atoms with E-state index in [2.05, 4.69) is 15.9 Å². The van der Waals surface area contributed by atoms with Crippen LogP contribution in [0.25, 0.3) is 0 Å². The van der Waals surface area contributed by atoms with Crippen LogP contribution in [0.15, 0.2) is 21.5 Å². The Morgan fingerprint density at radius 1 is 1.35 bits per heavy atom. The van der Waals surface area contributed by atoms with E-state index < -0.39 is 30.2 Å². The third-order valence-electron chi connectivity index (χ3n) is 1.73. The number of halogens is 5. The maximum atomic E-state index is 12.6. The van der Waals surface area contributed by atoms with Gasteiger partial charge in [-0.1, -0.05) is 15.9 Å². The fraction of sp³-hybridized carbons (Fsp3) is 0.125. The fourth-order valence-corrected chi connectivity index (χ4v) is 3.03. The average molecular weight is 349 g/mol. The average Bonchev–Trinajstić information content (AvgIpc) is 2.12. The van der Waals surface area contributed by atoms with Crippen molar-refractivity contribution in [1.82, 2.24) is 0 Å². The van der Waals surface area contributed by atoms with Crippen LogP contribution in [0, 0.1) is 11.3 Å². The number of nitriles is 1. The minimum Gasteiger partial charge on any atom is -0.207 e. The molecule has 0 spiro atoms. The molecule has 1 aromatic carbocycles. The molecule has 0 aliphatic heterocycles. The number of rotatable bonds is 1. The Morgan fingerprint density at radius 2 is 1.88 bits per heavy atom. The molecule has 0 saturated heterocycles. The van der Waals surface area contributed by atoms with Gasteiger partial charge in [-0.15, -0.1) is 0 Å². The maximum Gasteiger partial charge on any atom is 0.418 e.